The summed E-state index contributed by atoms with van der Waals surface area (Å²) in [6.07, 6.45) is 1.71. The van der Waals surface area contributed by atoms with E-state index in [2.05, 4.69) is 34.6 Å². The highest BCUT2D eigenvalue weighted by Gasteiger charge is 2.22. The molecule has 0 saturated heterocycles. The molecule has 2 rings (SSSR count). The third kappa shape index (κ3) is 2.10. The van der Waals surface area contributed by atoms with Crippen LogP contribution in [0, 0.1) is 41.5 Å². The van der Waals surface area contributed by atoms with Crippen molar-refractivity contribution in [3.05, 3.63) is 57.0 Å². The number of hydrogen-bond acceptors (Lipinski definition) is 2. The van der Waals surface area contributed by atoms with Crippen LogP contribution in [0.1, 0.15) is 50.7 Å². The van der Waals surface area contributed by atoms with Crippen LogP contribution in [0.2, 0.25) is 0 Å². The predicted octanol–water partition coefficient (Wildman–Crippen LogP) is 4.18. The van der Waals surface area contributed by atoms with E-state index in [1.807, 2.05) is 13.0 Å². The number of rotatable bonds is 2. The molecule has 0 aliphatic carbocycles. The van der Waals surface area contributed by atoms with Gasteiger partial charge in [0.25, 0.3) is 0 Å². The standard InChI is InChI=1S/C17H23NO/c1-9-7-8-19-17(9)16(18)15-13(5)11(3)10(2)12(4)14(15)6/h7-8,16H,18H2,1-6H3. The summed E-state index contributed by atoms with van der Waals surface area (Å²) >= 11 is 0. The Balaban J connectivity index is 2.67. The van der Waals surface area contributed by atoms with E-state index in [-0.39, 0.29) is 6.04 Å². The maximum atomic E-state index is 6.46. The van der Waals surface area contributed by atoms with E-state index < -0.39 is 0 Å². The van der Waals surface area contributed by atoms with Crippen molar-refractivity contribution in [1.82, 2.24) is 0 Å². The minimum Gasteiger partial charge on any atom is -0.467 e. The molecule has 0 aliphatic heterocycles. The lowest BCUT2D eigenvalue weighted by Gasteiger charge is -2.22. The first-order chi connectivity index (χ1) is 8.86. The fourth-order valence-corrected chi connectivity index (χ4v) is 2.83. The van der Waals surface area contributed by atoms with Crippen molar-refractivity contribution in [2.75, 3.05) is 0 Å². The van der Waals surface area contributed by atoms with Crippen molar-refractivity contribution in [1.29, 1.82) is 0 Å². The van der Waals surface area contributed by atoms with Gasteiger partial charge in [0.1, 0.15) is 5.76 Å². The van der Waals surface area contributed by atoms with Gasteiger partial charge in [0.2, 0.25) is 0 Å². The molecule has 19 heavy (non-hydrogen) atoms. The van der Waals surface area contributed by atoms with Crippen LogP contribution >= 0.6 is 0 Å². The van der Waals surface area contributed by atoms with Crippen molar-refractivity contribution in [3.8, 4) is 0 Å². The van der Waals surface area contributed by atoms with Gasteiger partial charge in [0.15, 0.2) is 0 Å². The van der Waals surface area contributed by atoms with Gasteiger partial charge in [0.05, 0.1) is 12.3 Å². The molecule has 0 amide bonds. The molecule has 2 nitrogen and oxygen atoms in total. The molecule has 1 heterocycles. The first kappa shape index (κ1) is 13.9. The van der Waals surface area contributed by atoms with Crippen LogP contribution < -0.4 is 5.73 Å². The molecule has 0 radical (unpaired) electrons. The molecule has 2 heteroatoms. The van der Waals surface area contributed by atoms with Gasteiger partial charge in [-0.1, -0.05) is 0 Å². The Kier molecular flexibility index (Phi) is 3.55. The molecule has 1 atom stereocenters. The van der Waals surface area contributed by atoms with Gasteiger partial charge in [-0.15, -0.1) is 0 Å². The third-order valence-corrected chi connectivity index (χ3v) is 4.55. The Bertz CT molecular complexity index is 593. The van der Waals surface area contributed by atoms with Crippen LogP contribution in [0.3, 0.4) is 0 Å². The fraction of sp³-hybridized carbons (Fsp3) is 0.412. The lowest BCUT2D eigenvalue weighted by Crippen LogP contribution is -2.17. The van der Waals surface area contributed by atoms with E-state index in [9.17, 15) is 0 Å². The van der Waals surface area contributed by atoms with Crippen molar-refractivity contribution >= 4 is 0 Å². The minimum atomic E-state index is -0.187. The molecule has 2 N–H and O–H groups in total. The summed E-state index contributed by atoms with van der Waals surface area (Å²) < 4.78 is 5.58. The first-order valence-corrected chi connectivity index (χ1v) is 6.72. The van der Waals surface area contributed by atoms with Gasteiger partial charge in [-0.05, 0) is 86.6 Å². The second-order valence-corrected chi connectivity index (χ2v) is 5.48. The zero-order chi connectivity index (χ0) is 14.3. The summed E-state index contributed by atoms with van der Waals surface area (Å²) in [5.74, 6) is 0.869. The molecule has 0 spiro atoms. The molecular weight excluding hydrogens is 234 g/mol. The van der Waals surface area contributed by atoms with Gasteiger partial charge in [-0.3, -0.25) is 0 Å². The third-order valence-electron chi connectivity index (χ3n) is 4.55. The fourth-order valence-electron chi connectivity index (χ4n) is 2.83. The van der Waals surface area contributed by atoms with Crippen molar-refractivity contribution < 1.29 is 4.42 Å². The average molecular weight is 257 g/mol. The summed E-state index contributed by atoms with van der Waals surface area (Å²) in [4.78, 5) is 0. The lowest BCUT2D eigenvalue weighted by atomic mass is 9.85. The Morgan fingerprint density at radius 1 is 0.842 bits per heavy atom. The molecular formula is C17H23NO. The highest BCUT2D eigenvalue weighted by Crippen LogP contribution is 2.33. The van der Waals surface area contributed by atoms with Crippen LogP contribution in [-0.2, 0) is 0 Å². The zero-order valence-electron chi connectivity index (χ0n) is 12.7. The van der Waals surface area contributed by atoms with E-state index in [0.29, 0.717) is 0 Å². The van der Waals surface area contributed by atoms with Crippen LogP contribution in [-0.4, -0.2) is 0 Å². The lowest BCUT2D eigenvalue weighted by molar-refractivity contribution is 0.485. The molecule has 0 fully saturated rings. The second kappa shape index (κ2) is 4.86. The maximum Gasteiger partial charge on any atom is 0.127 e. The molecule has 1 unspecified atom stereocenters. The van der Waals surface area contributed by atoms with Gasteiger partial charge >= 0.3 is 0 Å². The summed E-state index contributed by atoms with van der Waals surface area (Å²) in [6.45, 7) is 12.9. The van der Waals surface area contributed by atoms with E-state index >= 15 is 0 Å². The number of nitrogens with two attached hydrogens (primary N) is 1. The Labute approximate surface area is 115 Å². The summed E-state index contributed by atoms with van der Waals surface area (Å²) in [7, 11) is 0. The molecule has 1 aromatic carbocycles. The molecule has 2 aromatic rings. The second-order valence-electron chi connectivity index (χ2n) is 5.48. The van der Waals surface area contributed by atoms with E-state index in [1.54, 1.807) is 6.26 Å². The van der Waals surface area contributed by atoms with Gasteiger partial charge < -0.3 is 10.2 Å². The maximum absolute atomic E-state index is 6.46. The summed E-state index contributed by atoms with van der Waals surface area (Å²) in [5, 5.41) is 0. The molecule has 0 saturated carbocycles. The van der Waals surface area contributed by atoms with Crippen molar-refractivity contribution in [2.24, 2.45) is 5.73 Å². The Hall–Kier alpha value is -1.54. The van der Waals surface area contributed by atoms with Crippen LogP contribution in [0.15, 0.2) is 16.7 Å². The molecule has 1 aromatic heterocycles. The van der Waals surface area contributed by atoms with Gasteiger partial charge in [-0.2, -0.15) is 0 Å². The largest absolute Gasteiger partial charge is 0.467 e. The van der Waals surface area contributed by atoms with Crippen molar-refractivity contribution in [3.63, 3.8) is 0 Å². The highest BCUT2D eigenvalue weighted by molar-refractivity contribution is 5.52. The number of hydrogen-bond donors (Lipinski definition) is 1. The monoisotopic (exact) mass is 257 g/mol. The van der Waals surface area contributed by atoms with Crippen LogP contribution in [0.25, 0.3) is 0 Å². The first-order valence-electron chi connectivity index (χ1n) is 6.72. The summed E-state index contributed by atoms with van der Waals surface area (Å²) in [5.41, 5.74) is 15.4. The van der Waals surface area contributed by atoms with Crippen molar-refractivity contribution in [2.45, 2.75) is 47.6 Å². The number of furan rings is 1. The molecule has 0 aliphatic rings. The minimum absolute atomic E-state index is 0.187. The topological polar surface area (TPSA) is 39.2 Å². The highest BCUT2D eigenvalue weighted by atomic mass is 16.3. The van der Waals surface area contributed by atoms with E-state index in [0.717, 1.165) is 11.3 Å². The smallest absolute Gasteiger partial charge is 0.127 e. The number of benzene rings is 1. The molecule has 0 bridgehead atoms. The number of aryl methyl sites for hydroxylation is 1. The van der Waals surface area contributed by atoms with Crippen LogP contribution in [0.5, 0.6) is 0 Å². The van der Waals surface area contributed by atoms with Gasteiger partial charge in [-0.25, -0.2) is 0 Å². The SMILES string of the molecule is Cc1ccoc1C(N)c1c(C)c(C)c(C)c(C)c1C. The van der Waals surface area contributed by atoms with E-state index in [4.69, 9.17) is 10.2 Å². The zero-order valence-corrected chi connectivity index (χ0v) is 12.7. The van der Waals surface area contributed by atoms with E-state index in [1.165, 1.54) is 33.4 Å². The average Bonchev–Trinajstić information content (AvgIpc) is 2.80. The Morgan fingerprint density at radius 3 is 1.74 bits per heavy atom. The predicted molar refractivity (Wildman–Crippen MR) is 79.6 cm³/mol. The molecule has 102 valence electrons. The normalized spacial score (nSPS) is 12.8. The van der Waals surface area contributed by atoms with Crippen LogP contribution in [0.4, 0.5) is 0 Å². The Morgan fingerprint density at radius 2 is 1.32 bits per heavy atom. The summed E-state index contributed by atoms with van der Waals surface area (Å²) in [6, 6.07) is 1.78. The van der Waals surface area contributed by atoms with Gasteiger partial charge in [0, 0.05) is 0 Å². The quantitative estimate of drug-likeness (QED) is 0.876.